The lowest BCUT2D eigenvalue weighted by Gasteiger charge is -2.29. The summed E-state index contributed by atoms with van der Waals surface area (Å²) < 4.78 is 10.7. The van der Waals surface area contributed by atoms with Crippen LogP contribution >= 0.6 is 0 Å². The summed E-state index contributed by atoms with van der Waals surface area (Å²) in [6.45, 7) is 1.54. The molecule has 6 amide bonds. The van der Waals surface area contributed by atoms with Crippen LogP contribution in [-0.2, 0) is 41.7 Å². The van der Waals surface area contributed by atoms with E-state index in [2.05, 4.69) is 31.9 Å². The Bertz CT molecular complexity index is 1580. The molecule has 12 N–H and O–H groups in total. The number of hydrogen-bond acceptors (Lipinski definition) is 9. The minimum atomic E-state index is -1.43. The van der Waals surface area contributed by atoms with Crippen molar-refractivity contribution >= 4 is 41.8 Å². The molecule has 306 valence electrons. The van der Waals surface area contributed by atoms with Crippen molar-refractivity contribution in [2.24, 2.45) is 17.4 Å². The summed E-state index contributed by atoms with van der Waals surface area (Å²) in [7, 11) is 0. The molecule has 0 radical (unpaired) electrons. The SMILES string of the molecule is N=C(N)NCCC[C@@H](NC(=O)[C@H](Cc1ccccc1)NC(=O)O)C(=O)N[C@@H](CC1CCOCC1)C(=O)N[C@@H](CCCCNC(=O)OCc1ccccc1)C(N)=O. The van der Waals surface area contributed by atoms with Crippen LogP contribution < -0.4 is 43.4 Å². The molecule has 0 spiro atoms. The number of carbonyl (C=O) groups excluding carboxylic acids is 5. The van der Waals surface area contributed by atoms with E-state index < -0.39 is 60.0 Å². The van der Waals surface area contributed by atoms with Gasteiger partial charge in [0, 0.05) is 32.7 Å². The fourth-order valence-corrected chi connectivity index (χ4v) is 6.09. The minimum absolute atomic E-state index is 0.00220. The van der Waals surface area contributed by atoms with E-state index in [1.807, 2.05) is 30.3 Å². The van der Waals surface area contributed by atoms with Gasteiger partial charge in [0.1, 0.15) is 30.8 Å². The molecule has 0 bridgehead atoms. The van der Waals surface area contributed by atoms with Gasteiger partial charge in [0.2, 0.25) is 23.6 Å². The van der Waals surface area contributed by atoms with Gasteiger partial charge < -0.3 is 57.9 Å². The highest BCUT2D eigenvalue weighted by molar-refractivity contribution is 5.95. The second-order valence-corrected chi connectivity index (χ2v) is 13.5. The molecule has 1 aliphatic heterocycles. The van der Waals surface area contributed by atoms with Crippen molar-refractivity contribution < 1.29 is 43.3 Å². The molecule has 18 nitrogen and oxygen atoms in total. The van der Waals surface area contributed by atoms with Crippen LogP contribution in [0.3, 0.4) is 0 Å². The number of ether oxygens (including phenoxy) is 2. The Morgan fingerprint density at radius 3 is 1.89 bits per heavy atom. The molecule has 0 unspecified atom stereocenters. The highest BCUT2D eigenvalue weighted by Gasteiger charge is 2.33. The fourth-order valence-electron chi connectivity index (χ4n) is 6.09. The number of nitrogens with two attached hydrogens (primary N) is 2. The van der Waals surface area contributed by atoms with Gasteiger partial charge in [0.15, 0.2) is 5.96 Å². The van der Waals surface area contributed by atoms with Crippen molar-refractivity contribution in [1.82, 2.24) is 31.9 Å². The Hall–Kier alpha value is -5.91. The lowest BCUT2D eigenvalue weighted by atomic mass is 9.91. The average molecular weight is 782 g/mol. The first-order valence-electron chi connectivity index (χ1n) is 18.7. The van der Waals surface area contributed by atoms with Crippen LogP contribution in [0.1, 0.15) is 62.5 Å². The number of hydrogen-bond donors (Lipinski definition) is 10. The highest BCUT2D eigenvalue weighted by atomic mass is 16.5. The number of carboxylic acid groups (broad SMARTS) is 1. The first kappa shape index (κ1) is 44.5. The van der Waals surface area contributed by atoms with E-state index in [1.54, 1.807) is 30.3 Å². The summed E-state index contributed by atoms with van der Waals surface area (Å²) in [5, 5.41) is 32.5. The molecule has 1 aliphatic rings. The molecular formula is C38H55N9O9. The first-order valence-corrected chi connectivity index (χ1v) is 18.7. The zero-order chi connectivity index (χ0) is 40.7. The zero-order valence-electron chi connectivity index (χ0n) is 31.4. The van der Waals surface area contributed by atoms with E-state index >= 15 is 0 Å². The predicted molar refractivity (Wildman–Crippen MR) is 206 cm³/mol. The summed E-state index contributed by atoms with van der Waals surface area (Å²) in [6.07, 6.45) is 0.850. The molecule has 1 fully saturated rings. The fraction of sp³-hybridized carbons (Fsp3) is 0.500. The Kier molecular flexibility index (Phi) is 19.5. The van der Waals surface area contributed by atoms with Crippen molar-refractivity contribution in [1.29, 1.82) is 5.41 Å². The molecule has 0 aromatic heterocycles. The van der Waals surface area contributed by atoms with Gasteiger partial charge in [-0.2, -0.15) is 0 Å². The number of amides is 6. The van der Waals surface area contributed by atoms with Gasteiger partial charge in [-0.1, -0.05) is 60.7 Å². The molecule has 4 atom stereocenters. The first-order chi connectivity index (χ1) is 26.9. The Morgan fingerprint density at radius 1 is 0.714 bits per heavy atom. The van der Waals surface area contributed by atoms with Crippen molar-refractivity contribution in [3.63, 3.8) is 0 Å². The van der Waals surface area contributed by atoms with Gasteiger partial charge >= 0.3 is 12.2 Å². The van der Waals surface area contributed by atoms with E-state index in [9.17, 15) is 33.9 Å². The molecule has 0 saturated carbocycles. The second kappa shape index (κ2) is 24.5. The standard InChI is InChI=1S/C38H55N9O9/c39-32(48)28(14-7-8-18-43-38(54)56-24-27-12-5-2-6-13-27)44-34(50)30(23-26-16-20-55-21-17-26)46-33(49)29(15-9-19-42-36(40)41)45-35(51)31(47-37(52)53)22-25-10-3-1-4-11-25/h1-6,10-13,26,28-31,47H,7-9,14-24H2,(H2,39,48)(H,43,54)(H,44,50)(H,45,51)(H,46,49)(H,52,53)(H4,40,41,42)/t28-,29+,30-,31-/m0/s1. The lowest BCUT2D eigenvalue weighted by molar-refractivity contribution is -0.134. The number of nitrogens with one attached hydrogen (secondary N) is 7. The number of carbonyl (C=O) groups is 6. The Labute approximate surface area is 326 Å². The monoisotopic (exact) mass is 781 g/mol. The molecule has 56 heavy (non-hydrogen) atoms. The van der Waals surface area contributed by atoms with Gasteiger partial charge in [0.25, 0.3) is 0 Å². The maximum Gasteiger partial charge on any atom is 0.407 e. The number of unbranched alkanes of at least 4 members (excludes halogenated alkanes) is 1. The number of rotatable bonds is 23. The molecule has 2 aromatic carbocycles. The molecule has 1 saturated heterocycles. The molecule has 2 aromatic rings. The van der Waals surface area contributed by atoms with Crippen molar-refractivity contribution in [3.8, 4) is 0 Å². The van der Waals surface area contributed by atoms with E-state index in [4.69, 9.17) is 26.4 Å². The Morgan fingerprint density at radius 2 is 1.27 bits per heavy atom. The maximum absolute atomic E-state index is 13.9. The van der Waals surface area contributed by atoms with Crippen molar-refractivity contribution in [2.75, 3.05) is 26.3 Å². The van der Waals surface area contributed by atoms with Crippen LogP contribution in [-0.4, -0.2) is 97.4 Å². The topological polar surface area (TPSA) is 289 Å². The van der Waals surface area contributed by atoms with E-state index in [0.29, 0.717) is 44.5 Å². The molecule has 18 heteroatoms. The van der Waals surface area contributed by atoms with E-state index in [1.165, 1.54) is 0 Å². The van der Waals surface area contributed by atoms with Crippen LogP contribution in [0.25, 0.3) is 0 Å². The van der Waals surface area contributed by atoms with Crippen molar-refractivity contribution in [2.45, 2.75) is 88.6 Å². The van der Waals surface area contributed by atoms with Crippen LogP contribution in [0.2, 0.25) is 0 Å². The van der Waals surface area contributed by atoms with Gasteiger partial charge in [0.05, 0.1) is 0 Å². The summed E-state index contributed by atoms with van der Waals surface area (Å²) in [4.78, 5) is 77.4. The number of guanidine groups is 1. The maximum atomic E-state index is 13.9. The number of alkyl carbamates (subject to hydrolysis) is 1. The van der Waals surface area contributed by atoms with Crippen LogP contribution in [0.5, 0.6) is 0 Å². The average Bonchev–Trinajstić information content (AvgIpc) is 3.17. The van der Waals surface area contributed by atoms with Crippen molar-refractivity contribution in [3.05, 3.63) is 71.8 Å². The molecule has 3 rings (SSSR count). The zero-order valence-corrected chi connectivity index (χ0v) is 31.4. The van der Waals surface area contributed by atoms with E-state index in [-0.39, 0.29) is 63.7 Å². The van der Waals surface area contributed by atoms with Gasteiger partial charge in [-0.15, -0.1) is 0 Å². The largest absolute Gasteiger partial charge is 0.465 e. The summed E-state index contributed by atoms with van der Waals surface area (Å²) >= 11 is 0. The third-order valence-corrected chi connectivity index (χ3v) is 9.12. The smallest absolute Gasteiger partial charge is 0.407 e. The number of primary amides is 1. The molecule has 1 heterocycles. The highest BCUT2D eigenvalue weighted by Crippen LogP contribution is 2.21. The molecular weight excluding hydrogens is 726 g/mol. The molecule has 0 aliphatic carbocycles. The van der Waals surface area contributed by atoms with Crippen LogP contribution in [0, 0.1) is 11.3 Å². The van der Waals surface area contributed by atoms with Gasteiger partial charge in [-0.25, -0.2) is 9.59 Å². The number of benzene rings is 2. The predicted octanol–water partition coefficient (Wildman–Crippen LogP) is 0.982. The van der Waals surface area contributed by atoms with E-state index in [0.717, 1.165) is 5.56 Å². The quantitative estimate of drug-likeness (QED) is 0.0431. The van der Waals surface area contributed by atoms with Gasteiger partial charge in [-0.05, 0) is 68.4 Å². The summed E-state index contributed by atoms with van der Waals surface area (Å²) in [5.74, 6) is -3.16. The third kappa shape index (κ3) is 17.5. The summed E-state index contributed by atoms with van der Waals surface area (Å²) in [5.41, 5.74) is 12.6. The second-order valence-electron chi connectivity index (χ2n) is 13.5. The van der Waals surface area contributed by atoms with Crippen LogP contribution in [0.4, 0.5) is 9.59 Å². The minimum Gasteiger partial charge on any atom is -0.465 e. The lowest BCUT2D eigenvalue weighted by Crippen LogP contribution is -2.58. The third-order valence-electron chi connectivity index (χ3n) is 9.12. The van der Waals surface area contributed by atoms with Crippen LogP contribution in [0.15, 0.2) is 60.7 Å². The van der Waals surface area contributed by atoms with Gasteiger partial charge in [-0.3, -0.25) is 24.6 Å². The Balaban J connectivity index is 1.67. The summed E-state index contributed by atoms with van der Waals surface area (Å²) in [6, 6.07) is 13.3. The normalized spacial score (nSPS) is 14.8.